The van der Waals surface area contributed by atoms with Gasteiger partial charge in [-0.1, -0.05) is 19.8 Å². The third-order valence-corrected chi connectivity index (χ3v) is 3.84. The van der Waals surface area contributed by atoms with E-state index in [1.54, 1.807) is 4.90 Å². The predicted molar refractivity (Wildman–Crippen MR) is 80.9 cm³/mol. The molecule has 1 aliphatic heterocycles. The number of likely N-dealkylation sites (tertiary alicyclic amines) is 1. The van der Waals surface area contributed by atoms with E-state index in [1.165, 1.54) is 7.11 Å². The summed E-state index contributed by atoms with van der Waals surface area (Å²) in [4.78, 5) is 25.8. The van der Waals surface area contributed by atoms with E-state index >= 15 is 0 Å². The highest BCUT2D eigenvalue weighted by Gasteiger charge is 2.37. The Bertz CT molecular complexity index is 362. The number of rotatable bonds is 4. The predicted octanol–water partition coefficient (Wildman–Crippen LogP) is 3.22. The molecule has 1 saturated heterocycles. The van der Waals surface area contributed by atoms with Gasteiger partial charge < -0.3 is 14.4 Å². The molecule has 0 aliphatic carbocycles. The van der Waals surface area contributed by atoms with Crippen LogP contribution in [0.3, 0.4) is 0 Å². The number of piperidine rings is 1. The Hall–Kier alpha value is -1.26. The first-order valence-electron chi connectivity index (χ1n) is 7.84. The van der Waals surface area contributed by atoms with Crippen LogP contribution in [0.5, 0.6) is 0 Å². The molecule has 0 N–H and O–H groups in total. The summed E-state index contributed by atoms with van der Waals surface area (Å²) >= 11 is 0. The third kappa shape index (κ3) is 5.56. The Morgan fingerprint density at radius 1 is 1.29 bits per heavy atom. The van der Waals surface area contributed by atoms with Gasteiger partial charge in [-0.25, -0.2) is 4.79 Å². The number of esters is 1. The minimum atomic E-state index is -0.517. The standard InChI is InChI=1S/C16H29NO4/c1-6-7-8-12-9-10-17(11-13(12)14(18)20-5)15(19)21-16(2,3)4/h12-13H,6-11H2,1-5H3/t12-,13+/m0/s1. The molecule has 122 valence electrons. The minimum absolute atomic E-state index is 0.218. The van der Waals surface area contributed by atoms with Gasteiger partial charge in [-0.15, -0.1) is 0 Å². The Balaban J connectivity index is 2.69. The van der Waals surface area contributed by atoms with Crippen molar-refractivity contribution >= 4 is 12.1 Å². The molecular weight excluding hydrogens is 270 g/mol. The molecule has 0 radical (unpaired) electrons. The van der Waals surface area contributed by atoms with E-state index in [2.05, 4.69) is 6.92 Å². The van der Waals surface area contributed by atoms with Crippen LogP contribution >= 0.6 is 0 Å². The molecule has 1 amide bonds. The lowest BCUT2D eigenvalue weighted by Crippen LogP contribution is -2.48. The largest absolute Gasteiger partial charge is 0.469 e. The van der Waals surface area contributed by atoms with Gasteiger partial charge in [0.05, 0.1) is 13.0 Å². The van der Waals surface area contributed by atoms with Crippen molar-refractivity contribution in [1.29, 1.82) is 0 Å². The summed E-state index contributed by atoms with van der Waals surface area (Å²) in [7, 11) is 1.41. The van der Waals surface area contributed by atoms with Crippen LogP contribution in [0.2, 0.25) is 0 Å². The zero-order chi connectivity index (χ0) is 16.0. The molecule has 0 aromatic heterocycles. The van der Waals surface area contributed by atoms with Gasteiger partial charge in [-0.05, 0) is 39.5 Å². The Morgan fingerprint density at radius 2 is 1.95 bits per heavy atom. The van der Waals surface area contributed by atoms with Crippen molar-refractivity contribution in [2.75, 3.05) is 20.2 Å². The molecule has 5 nitrogen and oxygen atoms in total. The topological polar surface area (TPSA) is 55.8 Å². The first-order chi connectivity index (χ1) is 9.78. The first-order valence-corrected chi connectivity index (χ1v) is 7.84. The van der Waals surface area contributed by atoms with Crippen LogP contribution in [-0.4, -0.2) is 42.8 Å². The Morgan fingerprint density at radius 3 is 2.48 bits per heavy atom. The van der Waals surface area contributed by atoms with Crippen molar-refractivity contribution in [3.8, 4) is 0 Å². The SMILES string of the molecule is CCCC[C@H]1CCN(C(=O)OC(C)(C)C)C[C@H]1C(=O)OC. The van der Waals surface area contributed by atoms with E-state index in [1.807, 2.05) is 20.8 Å². The number of hydrogen-bond donors (Lipinski definition) is 0. The average Bonchev–Trinajstić information content (AvgIpc) is 2.42. The van der Waals surface area contributed by atoms with Gasteiger partial charge in [0, 0.05) is 13.1 Å². The summed E-state index contributed by atoms with van der Waals surface area (Å²) in [5, 5.41) is 0. The summed E-state index contributed by atoms with van der Waals surface area (Å²) < 4.78 is 10.3. The van der Waals surface area contributed by atoms with Crippen LogP contribution in [0, 0.1) is 11.8 Å². The molecule has 0 aromatic carbocycles. The lowest BCUT2D eigenvalue weighted by Gasteiger charge is -2.37. The zero-order valence-corrected chi connectivity index (χ0v) is 14.0. The number of unbranched alkanes of at least 4 members (excludes halogenated alkanes) is 1. The van der Waals surface area contributed by atoms with E-state index in [9.17, 15) is 9.59 Å². The smallest absolute Gasteiger partial charge is 0.410 e. The van der Waals surface area contributed by atoms with Gasteiger partial charge in [-0.2, -0.15) is 0 Å². The monoisotopic (exact) mass is 299 g/mol. The lowest BCUT2D eigenvalue weighted by atomic mass is 9.82. The molecule has 5 heteroatoms. The van der Waals surface area contributed by atoms with Gasteiger partial charge in [0.2, 0.25) is 0 Å². The van der Waals surface area contributed by atoms with Crippen molar-refractivity contribution < 1.29 is 19.1 Å². The molecule has 0 aromatic rings. The summed E-state index contributed by atoms with van der Waals surface area (Å²) in [5.41, 5.74) is -0.517. The molecule has 1 rings (SSSR count). The van der Waals surface area contributed by atoms with E-state index in [0.717, 1.165) is 25.7 Å². The highest BCUT2D eigenvalue weighted by Crippen LogP contribution is 2.30. The molecule has 0 saturated carbocycles. The molecule has 21 heavy (non-hydrogen) atoms. The quantitative estimate of drug-likeness (QED) is 0.748. The lowest BCUT2D eigenvalue weighted by molar-refractivity contribution is -0.149. The highest BCUT2D eigenvalue weighted by molar-refractivity contribution is 5.75. The van der Waals surface area contributed by atoms with Gasteiger partial charge in [0.25, 0.3) is 0 Å². The number of methoxy groups -OCH3 is 1. The number of ether oxygens (including phenoxy) is 2. The van der Waals surface area contributed by atoms with E-state index < -0.39 is 5.60 Å². The Labute approximate surface area is 128 Å². The van der Waals surface area contributed by atoms with Gasteiger partial charge in [0.15, 0.2) is 0 Å². The maximum Gasteiger partial charge on any atom is 0.410 e. The fourth-order valence-corrected chi connectivity index (χ4v) is 2.72. The van der Waals surface area contributed by atoms with Gasteiger partial charge in [-0.3, -0.25) is 4.79 Å². The van der Waals surface area contributed by atoms with E-state index in [0.29, 0.717) is 19.0 Å². The van der Waals surface area contributed by atoms with E-state index in [-0.39, 0.29) is 18.0 Å². The minimum Gasteiger partial charge on any atom is -0.469 e. The Kier molecular flexibility index (Phi) is 6.49. The number of hydrogen-bond acceptors (Lipinski definition) is 4. The van der Waals surface area contributed by atoms with Crippen LogP contribution in [-0.2, 0) is 14.3 Å². The normalized spacial score (nSPS) is 22.8. The van der Waals surface area contributed by atoms with Crippen LogP contribution in [0.1, 0.15) is 53.4 Å². The van der Waals surface area contributed by atoms with Crippen molar-refractivity contribution in [2.24, 2.45) is 11.8 Å². The van der Waals surface area contributed by atoms with Crippen LogP contribution in [0.15, 0.2) is 0 Å². The molecule has 0 bridgehead atoms. The van der Waals surface area contributed by atoms with Gasteiger partial charge in [0.1, 0.15) is 5.60 Å². The second-order valence-electron chi connectivity index (χ2n) is 6.75. The van der Waals surface area contributed by atoms with Crippen molar-refractivity contribution in [1.82, 2.24) is 4.90 Å². The maximum atomic E-state index is 12.1. The van der Waals surface area contributed by atoms with E-state index in [4.69, 9.17) is 9.47 Å². The molecule has 2 atom stereocenters. The molecule has 0 spiro atoms. The summed E-state index contributed by atoms with van der Waals surface area (Å²) in [6.45, 7) is 8.72. The van der Waals surface area contributed by atoms with Crippen molar-refractivity contribution in [3.63, 3.8) is 0 Å². The molecule has 1 heterocycles. The van der Waals surface area contributed by atoms with Crippen molar-refractivity contribution in [2.45, 2.75) is 59.0 Å². The fourth-order valence-electron chi connectivity index (χ4n) is 2.72. The fraction of sp³-hybridized carbons (Fsp3) is 0.875. The molecular formula is C16H29NO4. The molecule has 1 fully saturated rings. The van der Waals surface area contributed by atoms with Gasteiger partial charge >= 0.3 is 12.1 Å². The molecule has 1 aliphatic rings. The summed E-state index contributed by atoms with van der Waals surface area (Å²) in [6, 6.07) is 0. The molecule has 0 unspecified atom stereocenters. The average molecular weight is 299 g/mol. The summed E-state index contributed by atoms with van der Waals surface area (Å²) in [6.07, 6.45) is 3.72. The third-order valence-electron chi connectivity index (χ3n) is 3.84. The zero-order valence-electron chi connectivity index (χ0n) is 14.0. The number of nitrogens with zero attached hydrogens (tertiary/aromatic N) is 1. The second kappa shape index (κ2) is 7.66. The highest BCUT2D eigenvalue weighted by atomic mass is 16.6. The van der Waals surface area contributed by atoms with Crippen LogP contribution in [0.4, 0.5) is 4.79 Å². The number of carbonyl (C=O) groups is 2. The second-order valence-corrected chi connectivity index (χ2v) is 6.75. The van der Waals surface area contributed by atoms with Crippen LogP contribution in [0.25, 0.3) is 0 Å². The summed E-state index contributed by atoms with van der Waals surface area (Å²) in [5.74, 6) is -0.150. The first kappa shape index (κ1) is 17.8. The van der Waals surface area contributed by atoms with Crippen molar-refractivity contribution in [3.05, 3.63) is 0 Å². The number of carbonyl (C=O) groups excluding carboxylic acids is 2. The number of amides is 1. The maximum absolute atomic E-state index is 12.1. The van der Waals surface area contributed by atoms with Crippen LogP contribution < -0.4 is 0 Å².